The molecule has 0 amide bonds. The Bertz CT molecular complexity index is 423. The lowest BCUT2D eigenvalue weighted by molar-refractivity contribution is 0.0602. The molecule has 94 valence electrons. The molecule has 0 unspecified atom stereocenters. The van der Waals surface area contributed by atoms with E-state index in [9.17, 15) is 9.18 Å². The summed E-state index contributed by atoms with van der Waals surface area (Å²) in [5, 5.41) is 8.79. The molecule has 1 aromatic rings. The molecule has 17 heavy (non-hydrogen) atoms. The number of likely N-dealkylation sites (N-methyl/N-ethyl adjacent to an activating group) is 1. The van der Waals surface area contributed by atoms with E-state index in [1.807, 2.05) is 0 Å². The average molecular weight is 242 g/mol. The predicted octanol–water partition coefficient (Wildman–Crippen LogP) is 0.623. The first-order valence-corrected chi connectivity index (χ1v) is 5.00. The number of hydrogen-bond donors (Lipinski definition) is 2. The van der Waals surface area contributed by atoms with Crippen LogP contribution in [0.5, 0.6) is 0 Å². The van der Waals surface area contributed by atoms with Crippen molar-refractivity contribution in [3.05, 3.63) is 23.5 Å². The molecule has 0 radical (unpaired) electrons. The number of nitrogen functional groups attached to an aromatic ring is 1. The van der Waals surface area contributed by atoms with Gasteiger partial charge in [-0.1, -0.05) is 0 Å². The van der Waals surface area contributed by atoms with E-state index in [1.54, 1.807) is 7.05 Å². The zero-order valence-electron chi connectivity index (χ0n) is 9.74. The zero-order chi connectivity index (χ0) is 13.0. The monoisotopic (exact) mass is 242 g/mol. The Morgan fingerprint density at radius 3 is 2.76 bits per heavy atom. The second kappa shape index (κ2) is 5.49. The van der Waals surface area contributed by atoms with Crippen LogP contribution in [0.25, 0.3) is 0 Å². The van der Waals surface area contributed by atoms with E-state index in [0.29, 0.717) is 0 Å². The molecule has 5 nitrogen and oxygen atoms in total. The van der Waals surface area contributed by atoms with E-state index >= 15 is 0 Å². The number of nitrogens with zero attached hydrogens (tertiary/aromatic N) is 1. The molecule has 0 bridgehead atoms. The van der Waals surface area contributed by atoms with E-state index < -0.39 is 11.8 Å². The topological polar surface area (TPSA) is 75.8 Å². The summed E-state index contributed by atoms with van der Waals surface area (Å²) in [6.45, 7) is 0.134. The molecule has 0 fully saturated rings. The number of methoxy groups -OCH3 is 1. The van der Waals surface area contributed by atoms with Crippen molar-refractivity contribution >= 4 is 17.3 Å². The van der Waals surface area contributed by atoms with Crippen molar-refractivity contribution in [2.75, 3.05) is 37.9 Å². The molecule has 0 saturated heterocycles. The number of esters is 1. The summed E-state index contributed by atoms with van der Waals surface area (Å²) in [4.78, 5) is 12.9. The number of ether oxygens (including phenoxy) is 1. The highest BCUT2D eigenvalue weighted by atomic mass is 19.1. The number of aliphatic hydroxyl groups excluding tert-OH is 1. The maximum absolute atomic E-state index is 13.6. The number of nitrogens with two attached hydrogens (primary N) is 1. The van der Waals surface area contributed by atoms with Gasteiger partial charge in [-0.15, -0.1) is 0 Å². The first-order valence-electron chi connectivity index (χ1n) is 5.00. The van der Waals surface area contributed by atoms with Gasteiger partial charge in [0.15, 0.2) is 0 Å². The van der Waals surface area contributed by atoms with E-state index in [2.05, 4.69) is 4.74 Å². The third-order valence-electron chi connectivity index (χ3n) is 2.37. The standard InChI is InChI=1S/C11H15FN2O3/c1-14(3-4-15)10-5-7(11(16)17-2)9(13)6-8(10)12/h5-6,15H,3-4,13H2,1-2H3. The quantitative estimate of drug-likeness (QED) is 0.598. The number of hydrogen-bond acceptors (Lipinski definition) is 5. The number of rotatable bonds is 4. The van der Waals surface area contributed by atoms with Crippen molar-refractivity contribution in [3.8, 4) is 0 Å². The molecule has 0 atom stereocenters. The van der Waals surface area contributed by atoms with Gasteiger partial charge in [-0.25, -0.2) is 9.18 Å². The van der Waals surface area contributed by atoms with E-state index in [1.165, 1.54) is 18.1 Å². The molecule has 3 N–H and O–H groups in total. The molecule has 0 saturated carbocycles. The molecule has 1 rings (SSSR count). The van der Waals surface area contributed by atoms with E-state index in [-0.39, 0.29) is 30.1 Å². The SMILES string of the molecule is COC(=O)c1cc(N(C)CCO)c(F)cc1N. The van der Waals surface area contributed by atoms with Crippen LogP contribution < -0.4 is 10.6 Å². The van der Waals surface area contributed by atoms with E-state index in [0.717, 1.165) is 6.07 Å². The Hall–Kier alpha value is -1.82. The third-order valence-corrected chi connectivity index (χ3v) is 2.37. The smallest absolute Gasteiger partial charge is 0.340 e. The van der Waals surface area contributed by atoms with Crippen molar-refractivity contribution in [1.29, 1.82) is 0 Å². The van der Waals surface area contributed by atoms with Gasteiger partial charge in [-0.05, 0) is 12.1 Å². The average Bonchev–Trinajstić information content (AvgIpc) is 2.28. The number of carbonyl (C=O) groups excluding carboxylic acids is 1. The van der Waals surface area contributed by atoms with Crippen molar-refractivity contribution in [2.24, 2.45) is 0 Å². The van der Waals surface area contributed by atoms with Gasteiger partial charge in [0.05, 0.1) is 25.0 Å². The number of halogens is 1. The number of anilines is 2. The molecule has 0 aliphatic rings. The lowest BCUT2D eigenvalue weighted by Crippen LogP contribution is -2.23. The van der Waals surface area contributed by atoms with Gasteiger partial charge in [0.25, 0.3) is 0 Å². The van der Waals surface area contributed by atoms with Crippen LogP contribution in [-0.2, 0) is 4.74 Å². The molecule has 0 heterocycles. The van der Waals surface area contributed by atoms with Crippen LogP contribution in [0, 0.1) is 5.82 Å². The zero-order valence-corrected chi connectivity index (χ0v) is 9.74. The summed E-state index contributed by atoms with van der Waals surface area (Å²) in [5.74, 6) is -1.17. The minimum Gasteiger partial charge on any atom is -0.465 e. The molecular weight excluding hydrogens is 227 g/mol. The van der Waals surface area contributed by atoms with Crippen LogP contribution in [0.1, 0.15) is 10.4 Å². The van der Waals surface area contributed by atoms with Crippen LogP contribution in [0.2, 0.25) is 0 Å². The maximum atomic E-state index is 13.6. The number of aliphatic hydroxyl groups is 1. The highest BCUT2D eigenvalue weighted by molar-refractivity contribution is 5.96. The van der Waals surface area contributed by atoms with Crippen LogP contribution in [0.3, 0.4) is 0 Å². The van der Waals surface area contributed by atoms with Gasteiger partial charge in [-0.3, -0.25) is 0 Å². The van der Waals surface area contributed by atoms with Gasteiger partial charge >= 0.3 is 5.97 Å². The van der Waals surface area contributed by atoms with Gasteiger partial charge in [0, 0.05) is 19.3 Å². The lowest BCUT2D eigenvalue weighted by Gasteiger charge is -2.19. The summed E-state index contributed by atoms with van der Waals surface area (Å²) < 4.78 is 18.2. The molecule has 1 aromatic carbocycles. The molecule has 0 aliphatic heterocycles. The minimum absolute atomic E-state index is 0.0236. The summed E-state index contributed by atoms with van der Waals surface area (Å²) in [7, 11) is 2.83. The first kappa shape index (κ1) is 13.2. The van der Waals surface area contributed by atoms with Gasteiger partial charge in [-0.2, -0.15) is 0 Å². The van der Waals surface area contributed by atoms with E-state index in [4.69, 9.17) is 10.8 Å². The Morgan fingerprint density at radius 1 is 1.59 bits per heavy atom. The Balaban J connectivity index is 3.18. The van der Waals surface area contributed by atoms with Gasteiger partial charge in [0.2, 0.25) is 0 Å². The van der Waals surface area contributed by atoms with Crippen molar-refractivity contribution < 1.29 is 19.0 Å². The summed E-state index contributed by atoms with van der Waals surface area (Å²) in [5.41, 5.74) is 5.85. The van der Waals surface area contributed by atoms with Crippen LogP contribution in [-0.4, -0.2) is 38.4 Å². The summed E-state index contributed by atoms with van der Waals surface area (Å²) in [6.07, 6.45) is 0. The van der Waals surface area contributed by atoms with Crippen molar-refractivity contribution in [3.63, 3.8) is 0 Å². The molecule has 0 spiro atoms. The third kappa shape index (κ3) is 2.85. The fraction of sp³-hybridized carbons (Fsp3) is 0.364. The Kier molecular flexibility index (Phi) is 4.28. The van der Waals surface area contributed by atoms with Crippen molar-refractivity contribution in [2.45, 2.75) is 0 Å². The molecule has 0 aliphatic carbocycles. The normalized spacial score (nSPS) is 10.1. The minimum atomic E-state index is -0.624. The van der Waals surface area contributed by atoms with Crippen LogP contribution in [0.15, 0.2) is 12.1 Å². The first-order chi connectivity index (χ1) is 8.01. The Morgan fingerprint density at radius 2 is 2.24 bits per heavy atom. The van der Waals surface area contributed by atoms with Crippen LogP contribution >= 0.6 is 0 Å². The molecule has 6 heteroatoms. The number of carbonyl (C=O) groups is 1. The second-order valence-corrected chi connectivity index (χ2v) is 3.53. The van der Waals surface area contributed by atoms with Gasteiger partial charge < -0.3 is 20.5 Å². The predicted molar refractivity (Wildman–Crippen MR) is 62.5 cm³/mol. The van der Waals surface area contributed by atoms with Gasteiger partial charge in [0.1, 0.15) is 5.82 Å². The molecular formula is C11H15FN2O3. The summed E-state index contributed by atoms with van der Waals surface area (Å²) in [6, 6.07) is 2.38. The molecule has 0 aromatic heterocycles. The second-order valence-electron chi connectivity index (χ2n) is 3.53. The van der Waals surface area contributed by atoms with Crippen molar-refractivity contribution in [1.82, 2.24) is 0 Å². The Labute approximate surface area is 98.6 Å². The highest BCUT2D eigenvalue weighted by Gasteiger charge is 2.16. The van der Waals surface area contributed by atoms with Crippen LogP contribution in [0.4, 0.5) is 15.8 Å². The maximum Gasteiger partial charge on any atom is 0.340 e. The highest BCUT2D eigenvalue weighted by Crippen LogP contribution is 2.25. The largest absolute Gasteiger partial charge is 0.465 e. The fourth-order valence-electron chi connectivity index (χ4n) is 1.43. The number of benzene rings is 1. The summed E-state index contributed by atoms with van der Waals surface area (Å²) >= 11 is 0. The lowest BCUT2D eigenvalue weighted by atomic mass is 10.1. The fourth-order valence-corrected chi connectivity index (χ4v) is 1.43.